The van der Waals surface area contributed by atoms with E-state index >= 15 is 0 Å². The number of nitrogens with zero attached hydrogens (tertiary/aromatic N) is 1. The molecule has 1 aliphatic rings. The minimum atomic E-state index is -0.423. The van der Waals surface area contributed by atoms with Gasteiger partial charge in [-0.25, -0.2) is 4.39 Å². The van der Waals surface area contributed by atoms with Crippen molar-refractivity contribution >= 4 is 33.8 Å². The van der Waals surface area contributed by atoms with Crippen molar-refractivity contribution in [3.05, 3.63) is 63.8 Å². The number of halogens is 2. The van der Waals surface area contributed by atoms with E-state index in [0.717, 1.165) is 18.4 Å². The zero-order valence-electron chi connectivity index (χ0n) is 14.0. The molecule has 5 nitrogen and oxygen atoms in total. The number of amides is 2. The molecule has 2 heterocycles. The number of hydrogen-bond acceptors (Lipinski definition) is 3. The molecule has 1 N–H and O–H groups in total. The SMILES string of the molecule is O=C(NCC(=O)N1CCC(=Cc2cccc(F)c2)CC1)c1ccc(Br)o1. The molecule has 2 amide bonds. The highest BCUT2D eigenvalue weighted by Crippen LogP contribution is 2.20. The fraction of sp³-hybridized carbons (Fsp3) is 0.263. The number of hydrogen-bond donors (Lipinski definition) is 1. The average molecular weight is 421 g/mol. The first-order chi connectivity index (χ1) is 12.5. The summed E-state index contributed by atoms with van der Waals surface area (Å²) >= 11 is 3.13. The normalized spacial score (nSPS) is 14.2. The van der Waals surface area contributed by atoms with Gasteiger partial charge in [0.1, 0.15) is 5.82 Å². The summed E-state index contributed by atoms with van der Waals surface area (Å²) in [5.41, 5.74) is 2.01. The highest BCUT2D eigenvalue weighted by molar-refractivity contribution is 9.10. The van der Waals surface area contributed by atoms with Gasteiger partial charge in [-0.3, -0.25) is 9.59 Å². The minimum Gasteiger partial charge on any atom is -0.444 e. The van der Waals surface area contributed by atoms with E-state index in [2.05, 4.69) is 21.2 Å². The second-order valence-corrected chi connectivity index (χ2v) is 6.81. The van der Waals surface area contributed by atoms with E-state index in [-0.39, 0.29) is 24.0 Å². The molecule has 1 aliphatic heterocycles. The van der Waals surface area contributed by atoms with Gasteiger partial charge in [-0.1, -0.05) is 23.8 Å². The number of benzene rings is 1. The number of likely N-dealkylation sites (tertiary alicyclic amines) is 1. The number of nitrogens with one attached hydrogen (secondary N) is 1. The molecule has 1 aromatic carbocycles. The summed E-state index contributed by atoms with van der Waals surface area (Å²) in [4.78, 5) is 25.9. The number of furan rings is 1. The molecule has 3 rings (SSSR count). The zero-order chi connectivity index (χ0) is 18.5. The van der Waals surface area contributed by atoms with Crippen molar-refractivity contribution in [2.45, 2.75) is 12.8 Å². The molecular formula is C19H18BrFN2O3. The third-order valence-corrected chi connectivity index (χ3v) is 4.60. The molecule has 7 heteroatoms. The van der Waals surface area contributed by atoms with Crippen LogP contribution >= 0.6 is 15.9 Å². The smallest absolute Gasteiger partial charge is 0.287 e. The maximum Gasteiger partial charge on any atom is 0.287 e. The fourth-order valence-corrected chi connectivity index (χ4v) is 3.12. The van der Waals surface area contributed by atoms with Crippen LogP contribution in [0.2, 0.25) is 0 Å². The predicted molar refractivity (Wildman–Crippen MR) is 98.9 cm³/mol. The van der Waals surface area contributed by atoms with Gasteiger partial charge >= 0.3 is 0 Å². The van der Waals surface area contributed by atoms with Gasteiger partial charge < -0.3 is 14.6 Å². The minimum absolute atomic E-state index is 0.0693. The van der Waals surface area contributed by atoms with Crippen LogP contribution in [0.15, 0.2) is 51.1 Å². The zero-order valence-corrected chi connectivity index (χ0v) is 15.6. The van der Waals surface area contributed by atoms with Crippen molar-refractivity contribution in [2.24, 2.45) is 0 Å². The van der Waals surface area contributed by atoms with Gasteiger partial charge in [0.15, 0.2) is 10.4 Å². The third kappa shape index (κ3) is 4.82. The van der Waals surface area contributed by atoms with Gasteiger partial charge in [0.05, 0.1) is 6.54 Å². The lowest BCUT2D eigenvalue weighted by molar-refractivity contribution is -0.130. The first-order valence-electron chi connectivity index (χ1n) is 8.27. The number of carbonyl (C=O) groups excluding carboxylic acids is 2. The monoisotopic (exact) mass is 420 g/mol. The summed E-state index contributed by atoms with van der Waals surface area (Å²) in [6.07, 6.45) is 3.45. The van der Waals surface area contributed by atoms with Crippen LogP contribution in [0.5, 0.6) is 0 Å². The number of rotatable bonds is 4. The van der Waals surface area contributed by atoms with Crippen LogP contribution in [0, 0.1) is 5.82 Å². The maximum atomic E-state index is 13.2. The standard InChI is InChI=1S/C19H18BrFN2O3/c20-17-5-4-16(26-17)19(25)22-12-18(24)23-8-6-13(7-9-23)10-14-2-1-3-15(21)11-14/h1-5,10-11H,6-9,12H2,(H,22,25). The molecule has 0 aliphatic carbocycles. The van der Waals surface area contributed by atoms with E-state index in [1.807, 2.05) is 12.1 Å². The van der Waals surface area contributed by atoms with Crippen LogP contribution in [0.4, 0.5) is 4.39 Å². The Bertz CT molecular complexity index is 837. The largest absolute Gasteiger partial charge is 0.444 e. The Labute approximate surface area is 159 Å². The highest BCUT2D eigenvalue weighted by atomic mass is 79.9. The molecule has 0 atom stereocenters. The van der Waals surface area contributed by atoms with Crippen LogP contribution in [0.3, 0.4) is 0 Å². The lowest BCUT2D eigenvalue weighted by Crippen LogP contribution is -2.42. The fourth-order valence-electron chi connectivity index (χ4n) is 2.81. The third-order valence-electron chi connectivity index (χ3n) is 4.18. The molecule has 0 saturated carbocycles. The van der Waals surface area contributed by atoms with Crippen molar-refractivity contribution in [3.63, 3.8) is 0 Å². The topological polar surface area (TPSA) is 62.6 Å². The van der Waals surface area contributed by atoms with Crippen LogP contribution in [-0.2, 0) is 4.79 Å². The first kappa shape index (κ1) is 18.4. The van der Waals surface area contributed by atoms with E-state index < -0.39 is 5.91 Å². The highest BCUT2D eigenvalue weighted by Gasteiger charge is 2.20. The second-order valence-electron chi connectivity index (χ2n) is 6.02. The molecule has 1 saturated heterocycles. The number of piperidine rings is 1. The van der Waals surface area contributed by atoms with E-state index in [9.17, 15) is 14.0 Å². The summed E-state index contributed by atoms with van der Waals surface area (Å²) in [7, 11) is 0. The molecule has 0 bridgehead atoms. The van der Waals surface area contributed by atoms with Crippen LogP contribution in [0.1, 0.15) is 29.0 Å². The molecule has 1 fully saturated rings. The predicted octanol–water partition coefficient (Wildman–Crippen LogP) is 3.62. The molecule has 0 spiro atoms. The van der Waals surface area contributed by atoms with E-state index in [0.29, 0.717) is 17.8 Å². The summed E-state index contributed by atoms with van der Waals surface area (Å²) in [5.74, 6) is -0.656. The van der Waals surface area contributed by atoms with Gasteiger partial charge in [0.2, 0.25) is 5.91 Å². The molecule has 2 aromatic rings. The quantitative estimate of drug-likeness (QED) is 0.821. The van der Waals surface area contributed by atoms with E-state index in [1.165, 1.54) is 23.8 Å². The Morgan fingerprint density at radius 3 is 2.65 bits per heavy atom. The molecular weight excluding hydrogens is 403 g/mol. The molecule has 0 radical (unpaired) electrons. The van der Waals surface area contributed by atoms with Crippen molar-refractivity contribution in [1.82, 2.24) is 10.2 Å². The maximum absolute atomic E-state index is 13.2. The molecule has 136 valence electrons. The Kier molecular flexibility index (Phi) is 5.88. The van der Waals surface area contributed by atoms with Gasteiger partial charge in [-0.15, -0.1) is 0 Å². The molecule has 26 heavy (non-hydrogen) atoms. The van der Waals surface area contributed by atoms with Gasteiger partial charge in [-0.05, 0) is 58.6 Å². The van der Waals surface area contributed by atoms with Crippen molar-refractivity contribution < 1.29 is 18.4 Å². The van der Waals surface area contributed by atoms with Gasteiger partial charge in [0.25, 0.3) is 5.91 Å². The summed E-state index contributed by atoms with van der Waals surface area (Å²) in [6.45, 7) is 1.10. The lowest BCUT2D eigenvalue weighted by Gasteiger charge is -2.28. The van der Waals surface area contributed by atoms with Crippen molar-refractivity contribution in [1.29, 1.82) is 0 Å². The summed E-state index contributed by atoms with van der Waals surface area (Å²) < 4.78 is 18.8. The molecule has 0 unspecified atom stereocenters. The van der Waals surface area contributed by atoms with Crippen molar-refractivity contribution in [3.8, 4) is 0 Å². The Morgan fingerprint density at radius 2 is 2.00 bits per heavy atom. The van der Waals surface area contributed by atoms with Crippen LogP contribution in [-0.4, -0.2) is 36.3 Å². The van der Waals surface area contributed by atoms with E-state index in [4.69, 9.17) is 4.42 Å². The summed E-state index contributed by atoms with van der Waals surface area (Å²) in [5, 5.41) is 2.57. The second kappa shape index (κ2) is 8.31. The Hall–Kier alpha value is -2.41. The van der Waals surface area contributed by atoms with Crippen molar-refractivity contribution in [2.75, 3.05) is 19.6 Å². The average Bonchev–Trinajstić information content (AvgIpc) is 3.06. The van der Waals surface area contributed by atoms with Gasteiger partial charge in [-0.2, -0.15) is 0 Å². The Morgan fingerprint density at radius 1 is 1.23 bits per heavy atom. The number of carbonyl (C=O) groups is 2. The lowest BCUT2D eigenvalue weighted by atomic mass is 10.0. The van der Waals surface area contributed by atoms with Gasteiger partial charge in [0, 0.05) is 13.1 Å². The van der Waals surface area contributed by atoms with Crippen LogP contribution in [0.25, 0.3) is 6.08 Å². The Balaban J connectivity index is 1.48. The van der Waals surface area contributed by atoms with E-state index in [1.54, 1.807) is 17.0 Å². The van der Waals surface area contributed by atoms with Crippen LogP contribution < -0.4 is 5.32 Å². The molecule has 1 aromatic heterocycles. The first-order valence-corrected chi connectivity index (χ1v) is 9.07. The summed E-state index contributed by atoms with van der Waals surface area (Å²) in [6, 6.07) is 9.60.